The minimum Gasteiger partial charge on any atom is -0.351 e. The topological polar surface area (TPSA) is 58.2 Å². The van der Waals surface area contributed by atoms with Gasteiger partial charge in [-0.2, -0.15) is 0 Å². The van der Waals surface area contributed by atoms with Gasteiger partial charge in [0, 0.05) is 12.5 Å². The third-order valence-electron chi connectivity index (χ3n) is 4.85. The van der Waals surface area contributed by atoms with Gasteiger partial charge in [-0.3, -0.25) is 9.59 Å². The maximum atomic E-state index is 12.6. The summed E-state index contributed by atoms with van der Waals surface area (Å²) >= 11 is 0. The Hall–Kier alpha value is -1.84. The van der Waals surface area contributed by atoms with Crippen LogP contribution in [-0.2, 0) is 16.0 Å². The smallest absolute Gasteiger partial charge is 0.243 e. The van der Waals surface area contributed by atoms with E-state index in [1.165, 1.54) is 12.8 Å². The largest absolute Gasteiger partial charge is 0.351 e. The zero-order valence-corrected chi connectivity index (χ0v) is 12.9. The highest BCUT2D eigenvalue weighted by molar-refractivity contribution is 5.91. The normalized spacial score (nSPS) is 29.4. The fraction of sp³-hybridized carbons (Fsp3) is 0.556. The number of hydrogen-bond acceptors (Lipinski definition) is 2. The molecule has 2 fully saturated rings. The number of amides is 2. The second kappa shape index (κ2) is 6.95. The van der Waals surface area contributed by atoms with E-state index in [1.807, 2.05) is 30.3 Å². The number of fused-ring (bicyclic) bond motifs is 1. The van der Waals surface area contributed by atoms with E-state index in [1.54, 1.807) is 0 Å². The minimum atomic E-state index is -0.455. The van der Waals surface area contributed by atoms with Gasteiger partial charge in [0.15, 0.2) is 0 Å². The van der Waals surface area contributed by atoms with Crippen LogP contribution < -0.4 is 10.6 Å². The number of hydrogen-bond donors (Lipinski definition) is 2. The van der Waals surface area contributed by atoms with Gasteiger partial charge in [0.05, 0.1) is 5.92 Å². The van der Waals surface area contributed by atoms with Crippen molar-refractivity contribution in [1.29, 1.82) is 0 Å². The average Bonchev–Trinajstić information content (AvgIpc) is 2.59. The van der Waals surface area contributed by atoms with E-state index in [0.717, 1.165) is 31.2 Å². The Bertz CT molecular complexity index is 529. The molecule has 1 saturated carbocycles. The molecule has 1 aliphatic heterocycles. The van der Waals surface area contributed by atoms with E-state index in [4.69, 9.17) is 0 Å². The Morgan fingerprint density at radius 2 is 1.59 bits per heavy atom. The van der Waals surface area contributed by atoms with Crippen molar-refractivity contribution in [3.05, 3.63) is 35.9 Å². The van der Waals surface area contributed by atoms with Gasteiger partial charge in [0.25, 0.3) is 0 Å². The lowest BCUT2D eigenvalue weighted by Crippen LogP contribution is -2.45. The van der Waals surface area contributed by atoms with Crippen LogP contribution >= 0.6 is 0 Å². The van der Waals surface area contributed by atoms with Gasteiger partial charge < -0.3 is 10.6 Å². The first-order valence-corrected chi connectivity index (χ1v) is 8.39. The van der Waals surface area contributed by atoms with E-state index in [2.05, 4.69) is 10.6 Å². The van der Waals surface area contributed by atoms with E-state index in [9.17, 15) is 9.59 Å². The lowest BCUT2D eigenvalue weighted by atomic mass is 9.86. The summed E-state index contributed by atoms with van der Waals surface area (Å²) in [5, 5.41) is 6.10. The maximum absolute atomic E-state index is 12.6. The van der Waals surface area contributed by atoms with Crippen LogP contribution in [0, 0.1) is 5.92 Å². The van der Waals surface area contributed by atoms with Crippen LogP contribution in [0.2, 0.25) is 0 Å². The molecule has 1 saturated heterocycles. The summed E-state index contributed by atoms with van der Waals surface area (Å²) < 4.78 is 0. The molecule has 3 atom stereocenters. The van der Waals surface area contributed by atoms with E-state index in [-0.39, 0.29) is 23.8 Å². The van der Waals surface area contributed by atoms with Gasteiger partial charge >= 0.3 is 0 Å². The van der Waals surface area contributed by atoms with Crippen LogP contribution in [0.15, 0.2) is 30.3 Å². The fourth-order valence-corrected chi connectivity index (χ4v) is 3.59. The van der Waals surface area contributed by atoms with Gasteiger partial charge in [-0.05, 0) is 18.4 Å². The molecule has 0 bridgehead atoms. The lowest BCUT2D eigenvalue weighted by molar-refractivity contribution is -0.128. The zero-order chi connectivity index (χ0) is 15.4. The maximum Gasteiger partial charge on any atom is 0.243 e. The summed E-state index contributed by atoms with van der Waals surface area (Å²) in [6.45, 7) is 0. The Kier molecular flexibility index (Phi) is 4.76. The Morgan fingerprint density at radius 1 is 0.864 bits per heavy atom. The van der Waals surface area contributed by atoms with Crippen molar-refractivity contribution in [3.63, 3.8) is 0 Å². The predicted octanol–water partition coefficient (Wildman–Crippen LogP) is 2.18. The quantitative estimate of drug-likeness (QED) is 0.879. The van der Waals surface area contributed by atoms with Crippen molar-refractivity contribution in [2.24, 2.45) is 5.92 Å². The molecule has 1 heterocycles. The molecule has 22 heavy (non-hydrogen) atoms. The number of carbonyl (C=O) groups excluding carboxylic acids is 2. The molecule has 1 aromatic carbocycles. The molecule has 2 amide bonds. The third-order valence-corrected chi connectivity index (χ3v) is 4.85. The molecule has 1 aliphatic carbocycles. The first-order chi connectivity index (χ1) is 10.7. The minimum absolute atomic E-state index is 0.00794. The SMILES string of the molecule is O=C1N[C@H]2CCCCCC[C@H]2C(=O)N[C@H]1Cc1ccccc1. The molecule has 0 aromatic heterocycles. The highest BCUT2D eigenvalue weighted by atomic mass is 16.2. The van der Waals surface area contributed by atoms with Crippen molar-refractivity contribution in [3.8, 4) is 0 Å². The van der Waals surface area contributed by atoms with Crippen molar-refractivity contribution < 1.29 is 9.59 Å². The van der Waals surface area contributed by atoms with Gasteiger partial charge in [-0.25, -0.2) is 0 Å². The molecule has 2 N–H and O–H groups in total. The number of benzene rings is 1. The van der Waals surface area contributed by atoms with E-state index in [0.29, 0.717) is 6.42 Å². The first-order valence-electron chi connectivity index (χ1n) is 8.39. The highest BCUT2D eigenvalue weighted by Gasteiger charge is 2.36. The average molecular weight is 300 g/mol. The summed E-state index contributed by atoms with van der Waals surface area (Å²) in [7, 11) is 0. The first kappa shape index (κ1) is 15.1. The number of nitrogens with one attached hydrogen (secondary N) is 2. The molecular weight excluding hydrogens is 276 g/mol. The molecule has 1 aromatic rings. The van der Waals surface area contributed by atoms with Crippen molar-refractivity contribution >= 4 is 11.8 Å². The van der Waals surface area contributed by atoms with Gasteiger partial charge in [-0.1, -0.05) is 56.0 Å². The van der Waals surface area contributed by atoms with Crippen molar-refractivity contribution in [2.75, 3.05) is 0 Å². The summed E-state index contributed by atoms with van der Waals surface area (Å²) in [5.41, 5.74) is 1.07. The standard InChI is InChI=1S/C18H24N2O2/c21-17-14-10-6-1-2-7-11-15(14)19-18(22)16(20-17)12-13-8-4-3-5-9-13/h3-5,8-9,14-16H,1-2,6-7,10-12H2,(H,19,22)(H,20,21)/t14-,15+,16+/m1/s1. The Labute approximate surface area is 131 Å². The lowest BCUT2D eigenvalue weighted by Gasteiger charge is -2.26. The van der Waals surface area contributed by atoms with Crippen LogP contribution in [0.4, 0.5) is 0 Å². The second-order valence-corrected chi connectivity index (χ2v) is 6.46. The molecule has 2 aliphatic rings. The van der Waals surface area contributed by atoms with Gasteiger partial charge in [0.2, 0.25) is 11.8 Å². The van der Waals surface area contributed by atoms with Crippen molar-refractivity contribution in [1.82, 2.24) is 10.6 Å². The van der Waals surface area contributed by atoms with Crippen LogP contribution in [0.25, 0.3) is 0 Å². The van der Waals surface area contributed by atoms with Gasteiger partial charge in [0.1, 0.15) is 6.04 Å². The summed E-state index contributed by atoms with van der Waals surface area (Å²) in [6.07, 6.45) is 6.92. The van der Waals surface area contributed by atoms with Crippen LogP contribution in [0.1, 0.15) is 44.1 Å². The third kappa shape index (κ3) is 3.49. The molecular formula is C18H24N2O2. The molecule has 0 spiro atoms. The predicted molar refractivity (Wildman–Crippen MR) is 85.2 cm³/mol. The number of carbonyl (C=O) groups is 2. The molecule has 118 valence electrons. The molecule has 4 heteroatoms. The van der Waals surface area contributed by atoms with E-state index >= 15 is 0 Å². The van der Waals surface area contributed by atoms with Crippen LogP contribution in [0.3, 0.4) is 0 Å². The van der Waals surface area contributed by atoms with Crippen LogP contribution in [0.5, 0.6) is 0 Å². The summed E-state index contributed by atoms with van der Waals surface area (Å²) in [4.78, 5) is 25.0. The zero-order valence-electron chi connectivity index (χ0n) is 12.9. The molecule has 3 rings (SSSR count). The molecule has 0 radical (unpaired) electrons. The molecule has 4 nitrogen and oxygen atoms in total. The summed E-state index contributed by atoms with van der Waals surface area (Å²) in [6, 6.07) is 9.41. The fourth-order valence-electron chi connectivity index (χ4n) is 3.59. The monoisotopic (exact) mass is 300 g/mol. The Balaban J connectivity index is 1.74. The summed E-state index contributed by atoms with van der Waals surface area (Å²) in [5.74, 6) is -0.0542. The van der Waals surface area contributed by atoms with Crippen molar-refractivity contribution in [2.45, 2.75) is 57.0 Å². The Morgan fingerprint density at radius 3 is 2.36 bits per heavy atom. The number of rotatable bonds is 2. The van der Waals surface area contributed by atoms with Crippen LogP contribution in [-0.4, -0.2) is 23.9 Å². The van der Waals surface area contributed by atoms with Gasteiger partial charge in [-0.15, -0.1) is 0 Å². The molecule has 0 unspecified atom stereocenters. The highest BCUT2D eigenvalue weighted by Crippen LogP contribution is 2.25. The van der Waals surface area contributed by atoms with E-state index < -0.39 is 6.04 Å². The second-order valence-electron chi connectivity index (χ2n) is 6.46.